The average molecular weight is 325 g/mol. The number of ether oxygens (including phenoxy) is 2. The van der Waals surface area contributed by atoms with Crippen LogP contribution in [0, 0.1) is 17.2 Å². The monoisotopic (exact) mass is 325 g/mol. The molecule has 8 heteroatoms. The number of rotatable bonds is 2. The predicted molar refractivity (Wildman–Crippen MR) is 82.9 cm³/mol. The van der Waals surface area contributed by atoms with Gasteiger partial charge in [0, 0.05) is 13.1 Å². The van der Waals surface area contributed by atoms with Gasteiger partial charge in [-0.25, -0.2) is 0 Å². The summed E-state index contributed by atoms with van der Waals surface area (Å²) in [6.07, 6.45) is 1.22. The molecule has 2 heterocycles. The first-order valence-electron chi connectivity index (χ1n) is 6.89. The summed E-state index contributed by atoms with van der Waals surface area (Å²) in [6.45, 7) is 5.84. The van der Waals surface area contributed by atoms with Crippen molar-refractivity contribution in [2.75, 3.05) is 40.0 Å². The minimum absolute atomic E-state index is 0.0445. The summed E-state index contributed by atoms with van der Waals surface area (Å²) >= 11 is 4.73. The molecule has 1 atom stereocenters. The molecule has 0 radical (unpaired) electrons. The molecule has 2 aliphatic rings. The second-order valence-electron chi connectivity index (χ2n) is 4.66. The topological polar surface area (TPSA) is 91.7 Å². The number of hydrogen-bond acceptors (Lipinski definition) is 7. The van der Waals surface area contributed by atoms with Crippen molar-refractivity contribution in [3.05, 3.63) is 11.6 Å². The van der Waals surface area contributed by atoms with E-state index in [0.717, 1.165) is 26.3 Å². The molecule has 1 amide bonds. The van der Waals surface area contributed by atoms with Crippen LogP contribution >= 0.6 is 12.2 Å². The molecule has 0 aliphatic carbocycles. The Balaban J connectivity index is 0.000000287. The Bertz CT molecular complexity index is 507. The molecule has 120 valence electrons. The number of amides is 1. The van der Waals surface area contributed by atoms with Gasteiger partial charge in [0.2, 0.25) is 5.91 Å². The molecule has 1 saturated heterocycles. The normalized spacial score (nSPS) is 21.7. The molecule has 1 unspecified atom stereocenters. The highest BCUT2D eigenvalue weighted by Crippen LogP contribution is 2.12. The zero-order chi connectivity index (χ0) is 16.5. The highest BCUT2D eigenvalue weighted by Gasteiger charge is 2.31. The first kappa shape index (κ1) is 18.2. The molecule has 0 aromatic heterocycles. The van der Waals surface area contributed by atoms with Crippen molar-refractivity contribution < 1.29 is 19.1 Å². The molecule has 0 aromatic rings. The Kier molecular flexibility index (Phi) is 7.66. The second kappa shape index (κ2) is 9.25. The molecule has 0 spiro atoms. The maximum Gasteiger partial charge on any atom is 0.322 e. The maximum atomic E-state index is 11.3. The Hall–Kier alpha value is -1.82. The summed E-state index contributed by atoms with van der Waals surface area (Å²) in [5.74, 6) is -2.31. The average Bonchev–Trinajstić information content (AvgIpc) is 2.49. The lowest BCUT2D eigenvalue weighted by molar-refractivity contribution is -0.149. The van der Waals surface area contributed by atoms with Gasteiger partial charge in [-0.05, 0) is 20.0 Å². The minimum atomic E-state index is -1.08. The minimum Gasteiger partial charge on any atom is -0.465 e. The number of likely N-dealkylation sites (N-methyl/N-ethyl adjacent to an activating group) is 1. The summed E-state index contributed by atoms with van der Waals surface area (Å²) in [5, 5.41) is 10.9. The third-order valence-electron chi connectivity index (χ3n) is 2.99. The van der Waals surface area contributed by atoms with E-state index in [2.05, 4.69) is 22.0 Å². The number of nitrogens with zero attached hydrogens (tertiary/aromatic N) is 2. The van der Waals surface area contributed by atoms with Crippen molar-refractivity contribution >= 4 is 29.1 Å². The smallest absolute Gasteiger partial charge is 0.322 e. The number of nitrogens with one attached hydrogen (secondary N) is 1. The quantitative estimate of drug-likeness (QED) is 0.435. The van der Waals surface area contributed by atoms with E-state index >= 15 is 0 Å². The van der Waals surface area contributed by atoms with Crippen LogP contribution in [0.15, 0.2) is 11.6 Å². The highest BCUT2D eigenvalue weighted by atomic mass is 32.1. The van der Waals surface area contributed by atoms with Gasteiger partial charge < -0.3 is 19.7 Å². The number of carbonyl (C=O) groups excluding carboxylic acids is 2. The van der Waals surface area contributed by atoms with Crippen LogP contribution in [-0.4, -0.2) is 61.7 Å². The molecule has 0 aromatic carbocycles. The lowest BCUT2D eigenvalue weighted by Gasteiger charge is -2.21. The SMILES string of the molecule is CCOC(=O)C1C=C(C#N)C(=S)NC1=O.CN1CCOCC1. The number of thiocarbonyl (C=S) groups is 1. The molecule has 0 bridgehead atoms. The fraction of sp³-hybridized carbons (Fsp3) is 0.571. The first-order valence-corrected chi connectivity index (χ1v) is 7.30. The van der Waals surface area contributed by atoms with E-state index < -0.39 is 17.8 Å². The van der Waals surface area contributed by atoms with Crippen LogP contribution in [-0.2, 0) is 19.1 Å². The maximum absolute atomic E-state index is 11.3. The zero-order valence-corrected chi connectivity index (χ0v) is 13.4. The fourth-order valence-electron chi connectivity index (χ4n) is 1.72. The van der Waals surface area contributed by atoms with Gasteiger partial charge in [-0.3, -0.25) is 9.59 Å². The highest BCUT2D eigenvalue weighted by molar-refractivity contribution is 7.80. The van der Waals surface area contributed by atoms with Crippen LogP contribution in [0.25, 0.3) is 0 Å². The summed E-state index contributed by atoms with van der Waals surface area (Å²) in [4.78, 5) is 24.9. The van der Waals surface area contributed by atoms with Gasteiger partial charge in [0.15, 0.2) is 5.92 Å². The van der Waals surface area contributed by atoms with Crippen molar-refractivity contribution in [3.63, 3.8) is 0 Å². The van der Waals surface area contributed by atoms with E-state index in [1.54, 1.807) is 13.0 Å². The zero-order valence-electron chi connectivity index (χ0n) is 12.6. The van der Waals surface area contributed by atoms with E-state index in [0.29, 0.717) is 0 Å². The van der Waals surface area contributed by atoms with Crippen LogP contribution in [0.5, 0.6) is 0 Å². The number of nitriles is 1. The number of esters is 1. The van der Waals surface area contributed by atoms with E-state index in [4.69, 9.17) is 22.2 Å². The summed E-state index contributed by atoms with van der Waals surface area (Å²) in [6, 6.07) is 1.80. The van der Waals surface area contributed by atoms with Crippen molar-refractivity contribution in [1.82, 2.24) is 10.2 Å². The standard InChI is InChI=1S/C9H8N2O3S.C5H11NO/c1-2-14-9(13)6-3-5(4-10)8(15)11-7(6)12;1-6-2-4-7-5-3-6/h3,6H,2H2,1H3,(H,11,12,15);2-5H2,1H3. The Morgan fingerprint density at radius 2 is 2.23 bits per heavy atom. The van der Waals surface area contributed by atoms with Crippen LogP contribution in [0.4, 0.5) is 0 Å². The molecular formula is C14H19N3O4S. The third kappa shape index (κ3) is 5.52. The van der Waals surface area contributed by atoms with Gasteiger partial charge in [0.1, 0.15) is 11.1 Å². The summed E-state index contributed by atoms with van der Waals surface area (Å²) < 4.78 is 9.78. The Morgan fingerprint density at radius 1 is 1.59 bits per heavy atom. The summed E-state index contributed by atoms with van der Waals surface area (Å²) in [5.41, 5.74) is 0.114. The molecule has 1 N–H and O–H groups in total. The van der Waals surface area contributed by atoms with Crippen LogP contribution in [0.1, 0.15) is 6.92 Å². The van der Waals surface area contributed by atoms with Crippen molar-refractivity contribution in [3.8, 4) is 6.07 Å². The lowest BCUT2D eigenvalue weighted by atomic mass is 10.0. The molecular weight excluding hydrogens is 306 g/mol. The van der Waals surface area contributed by atoms with Gasteiger partial charge in [-0.1, -0.05) is 12.2 Å². The Labute approximate surface area is 134 Å². The molecule has 2 aliphatic heterocycles. The van der Waals surface area contributed by atoms with Crippen molar-refractivity contribution in [1.29, 1.82) is 5.26 Å². The van der Waals surface area contributed by atoms with E-state index in [9.17, 15) is 9.59 Å². The van der Waals surface area contributed by atoms with Gasteiger partial charge in [0.05, 0.1) is 25.4 Å². The second-order valence-corrected chi connectivity index (χ2v) is 5.06. The predicted octanol–water partition coefficient (Wildman–Crippen LogP) is 0.0213. The number of carbonyl (C=O) groups is 2. The van der Waals surface area contributed by atoms with E-state index in [-0.39, 0.29) is 17.2 Å². The lowest BCUT2D eigenvalue weighted by Crippen LogP contribution is -2.42. The van der Waals surface area contributed by atoms with E-state index in [1.807, 2.05) is 0 Å². The van der Waals surface area contributed by atoms with Gasteiger partial charge in [-0.2, -0.15) is 5.26 Å². The molecule has 2 rings (SSSR count). The number of hydrogen-bond donors (Lipinski definition) is 1. The van der Waals surface area contributed by atoms with E-state index in [1.165, 1.54) is 6.08 Å². The molecule has 0 saturated carbocycles. The van der Waals surface area contributed by atoms with Crippen LogP contribution in [0.2, 0.25) is 0 Å². The molecule has 1 fully saturated rings. The third-order valence-corrected chi connectivity index (χ3v) is 3.31. The molecule has 22 heavy (non-hydrogen) atoms. The molecule has 7 nitrogen and oxygen atoms in total. The van der Waals surface area contributed by atoms with Gasteiger partial charge in [-0.15, -0.1) is 0 Å². The number of morpholine rings is 1. The van der Waals surface area contributed by atoms with Gasteiger partial charge >= 0.3 is 5.97 Å². The van der Waals surface area contributed by atoms with Crippen molar-refractivity contribution in [2.24, 2.45) is 5.92 Å². The Morgan fingerprint density at radius 3 is 2.68 bits per heavy atom. The van der Waals surface area contributed by atoms with Crippen LogP contribution in [0.3, 0.4) is 0 Å². The largest absolute Gasteiger partial charge is 0.465 e. The first-order chi connectivity index (χ1) is 10.5. The fourth-order valence-corrected chi connectivity index (χ4v) is 1.94. The van der Waals surface area contributed by atoms with Gasteiger partial charge in [0.25, 0.3) is 0 Å². The van der Waals surface area contributed by atoms with Crippen LogP contribution < -0.4 is 5.32 Å². The summed E-state index contributed by atoms with van der Waals surface area (Å²) in [7, 11) is 2.11. The van der Waals surface area contributed by atoms with Crippen molar-refractivity contribution in [2.45, 2.75) is 6.92 Å².